The molecular formula is C16H19ClN2O. The molecule has 0 heterocycles. The predicted molar refractivity (Wildman–Crippen MR) is 82.9 cm³/mol. The molecule has 2 rings (SSSR count). The number of halogens is 1. The molecule has 0 spiro atoms. The standard InChI is InChI=1S/C16H19ClN2O/c1-11-3-4-12(2)15(9-11)16(19-18)10-20-14-7-5-13(17)6-8-14/h3-9,16,19H,10,18H2,1-2H3. The van der Waals surface area contributed by atoms with Gasteiger partial charge < -0.3 is 4.74 Å². The zero-order valence-corrected chi connectivity index (χ0v) is 12.4. The van der Waals surface area contributed by atoms with E-state index in [1.54, 1.807) is 12.1 Å². The summed E-state index contributed by atoms with van der Waals surface area (Å²) in [5, 5.41) is 0.695. The van der Waals surface area contributed by atoms with E-state index in [0.717, 1.165) is 11.3 Å². The van der Waals surface area contributed by atoms with Gasteiger partial charge in [-0.25, -0.2) is 5.43 Å². The molecule has 20 heavy (non-hydrogen) atoms. The summed E-state index contributed by atoms with van der Waals surface area (Å²) in [5.74, 6) is 6.44. The number of rotatable bonds is 5. The zero-order chi connectivity index (χ0) is 14.5. The first-order valence-electron chi connectivity index (χ1n) is 6.52. The maximum Gasteiger partial charge on any atom is 0.119 e. The van der Waals surface area contributed by atoms with Crippen molar-refractivity contribution in [2.75, 3.05) is 6.61 Å². The van der Waals surface area contributed by atoms with Crippen LogP contribution < -0.4 is 16.0 Å². The molecule has 0 aromatic heterocycles. The minimum atomic E-state index is -0.0504. The first-order valence-corrected chi connectivity index (χ1v) is 6.89. The molecule has 0 radical (unpaired) electrons. The third-order valence-corrected chi connectivity index (χ3v) is 3.49. The summed E-state index contributed by atoms with van der Waals surface area (Å²) >= 11 is 5.85. The van der Waals surface area contributed by atoms with Crippen LogP contribution in [0.15, 0.2) is 42.5 Å². The van der Waals surface area contributed by atoms with Crippen molar-refractivity contribution in [3.8, 4) is 5.75 Å². The van der Waals surface area contributed by atoms with E-state index in [4.69, 9.17) is 22.2 Å². The van der Waals surface area contributed by atoms with E-state index >= 15 is 0 Å². The zero-order valence-electron chi connectivity index (χ0n) is 11.7. The lowest BCUT2D eigenvalue weighted by molar-refractivity contribution is 0.267. The molecule has 1 unspecified atom stereocenters. The van der Waals surface area contributed by atoms with Crippen LogP contribution in [0.3, 0.4) is 0 Å². The van der Waals surface area contributed by atoms with Crippen LogP contribution in [-0.4, -0.2) is 6.61 Å². The quantitative estimate of drug-likeness (QED) is 0.654. The average Bonchev–Trinajstić information content (AvgIpc) is 2.45. The lowest BCUT2D eigenvalue weighted by Crippen LogP contribution is -2.32. The minimum absolute atomic E-state index is 0.0504. The van der Waals surface area contributed by atoms with Crippen LogP contribution in [0.4, 0.5) is 0 Å². The van der Waals surface area contributed by atoms with Gasteiger partial charge in [-0.15, -0.1) is 0 Å². The lowest BCUT2D eigenvalue weighted by atomic mass is 10.00. The van der Waals surface area contributed by atoms with Gasteiger partial charge in [-0.2, -0.15) is 0 Å². The van der Waals surface area contributed by atoms with Crippen molar-refractivity contribution < 1.29 is 4.74 Å². The highest BCUT2D eigenvalue weighted by atomic mass is 35.5. The van der Waals surface area contributed by atoms with Crippen LogP contribution in [0.5, 0.6) is 5.75 Å². The number of hydrogen-bond donors (Lipinski definition) is 2. The Bertz CT molecular complexity index is 569. The molecule has 0 fully saturated rings. The fourth-order valence-corrected chi connectivity index (χ4v) is 2.20. The largest absolute Gasteiger partial charge is 0.492 e. The fourth-order valence-electron chi connectivity index (χ4n) is 2.07. The number of nitrogens with two attached hydrogens (primary N) is 1. The molecule has 0 saturated heterocycles. The summed E-state index contributed by atoms with van der Waals surface area (Å²) in [6.07, 6.45) is 0. The van der Waals surface area contributed by atoms with E-state index in [0.29, 0.717) is 11.6 Å². The predicted octanol–water partition coefficient (Wildman–Crippen LogP) is 3.54. The van der Waals surface area contributed by atoms with Gasteiger partial charge in [0.1, 0.15) is 12.4 Å². The van der Waals surface area contributed by atoms with Crippen molar-refractivity contribution in [3.05, 3.63) is 64.2 Å². The normalized spacial score (nSPS) is 12.2. The van der Waals surface area contributed by atoms with Crippen molar-refractivity contribution in [2.24, 2.45) is 5.84 Å². The molecule has 4 heteroatoms. The second-order valence-corrected chi connectivity index (χ2v) is 5.28. The third-order valence-electron chi connectivity index (χ3n) is 3.24. The molecular weight excluding hydrogens is 272 g/mol. The van der Waals surface area contributed by atoms with Gasteiger partial charge in [0.25, 0.3) is 0 Å². The number of nitrogens with one attached hydrogen (secondary N) is 1. The van der Waals surface area contributed by atoms with Gasteiger partial charge in [-0.1, -0.05) is 35.4 Å². The van der Waals surface area contributed by atoms with Gasteiger partial charge in [0.2, 0.25) is 0 Å². The van der Waals surface area contributed by atoms with Gasteiger partial charge in [0.05, 0.1) is 6.04 Å². The summed E-state index contributed by atoms with van der Waals surface area (Å²) in [7, 11) is 0. The first kappa shape index (κ1) is 14.9. The number of benzene rings is 2. The molecule has 3 nitrogen and oxygen atoms in total. The van der Waals surface area contributed by atoms with Crippen molar-refractivity contribution >= 4 is 11.6 Å². The highest BCUT2D eigenvalue weighted by molar-refractivity contribution is 6.30. The Morgan fingerprint density at radius 1 is 1.15 bits per heavy atom. The van der Waals surface area contributed by atoms with E-state index in [2.05, 4.69) is 37.5 Å². The van der Waals surface area contributed by atoms with Crippen LogP contribution in [0, 0.1) is 13.8 Å². The molecule has 2 aromatic rings. The van der Waals surface area contributed by atoms with E-state index in [9.17, 15) is 0 Å². The number of aryl methyl sites for hydroxylation is 2. The summed E-state index contributed by atoms with van der Waals surface area (Å²) in [6, 6.07) is 13.6. The van der Waals surface area contributed by atoms with Gasteiger partial charge in [0.15, 0.2) is 0 Å². The fraction of sp³-hybridized carbons (Fsp3) is 0.250. The Balaban J connectivity index is 2.09. The molecule has 0 aliphatic carbocycles. The molecule has 0 amide bonds. The Labute approximate surface area is 124 Å². The summed E-state index contributed by atoms with van der Waals surface area (Å²) < 4.78 is 5.76. The maximum absolute atomic E-state index is 5.85. The molecule has 3 N–H and O–H groups in total. The molecule has 0 bridgehead atoms. The SMILES string of the molecule is Cc1ccc(C)c(C(COc2ccc(Cl)cc2)NN)c1. The van der Waals surface area contributed by atoms with Crippen LogP contribution in [-0.2, 0) is 0 Å². The third kappa shape index (κ3) is 3.73. The molecule has 0 aliphatic rings. The van der Waals surface area contributed by atoms with Gasteiger partial charge in [-0.05, 0) is 49.2 Å². The Morgan fingerprint density at radius 2 is 1.85 bits per heavy atom. The summed E-state index contributed by atoms with van der Waals surface area (Å²) in [4.78, 5) is 0. The number of hydrazine groups is 1. The first-order chi connectivity index (χ1) is 9.60. The lowest BCUT2D eigenvalue weighted by Gasteiger charge is -2.19. The Morgan fingerprint density at radius 3 is 2.50 bits per heavy atom. The summed E-state index contributed by atoms with van der Waals surface area (Å²) in [6.45, 7) is 4.60. The monoisotopic (exact) mass is 290 g/mol. The Kier molecular flexibility index (Phi) is 5.01. The van der Waals surface area contributed by atoms with E-state index < -0.39 is 0 Å². The Hall–Kier alpha value is -1.55. The second kappa shape index (κ2) is 6.75. The van der Waals surface area contributed by atoms with Crippen LogP contribution in [0.2, 0.25) is 5.02 Å². The highest BCUT2D eigenvalue weighted by Crippen LogP contribution is 2.21. The average molecular weight is 291 g/mol. The van der Waals surface area contributed by atoms with Gasteiger partial charge in [0, 0.05) is 5.02 Å². The van der Waals surface area contributed by atoms with Crippen LogP contribution in [0.25, 0.3) is 0 Å². The molecule has 0 aliphatic heterocycles. The van der Waals surface area contributed by atoms with Crippen molar-refractivity contribution in [1.29, 1.82) is 0 Å². The van der Waals surface area contributed by atoms with Gasteiger partial charge in [-0.3, -0.25) is 5.84 Å². The van der Waals surface area contributed by atoms with Crippen LogP contribution >= 0.6 is 11.6 Å². The smallest absolute Gasteiger partial charge is 0.119 e. The van der Waals surface area contributed by atoms with Crippen molar-refractivity contribution in [2.45, 2.75) is 19.9 Å². The van der Waals surface area contributed by atoms with E-state index in [1.165, 1.54) is 11.1 Å². The van der Waals surface area contributed by atoms with E-state index in [-0.39, 0.29) is 6.04 Å². The topological polar surface area (TPSA) is 47.3 Å². The van der Waals surface area contributed by atoms with E-state index in [1.807, 2.05) is 12.1 Å². The molecule has 0 saturated carbocycles. The number of ether oxygens (including phenoxy) is 1. The van der Waals surface area contributed by atoms with Crippen LogP contribution in [0.1, 0.15) is 22.7 Å². The minimum Gasteiger partial charge on any atom is -0.492 e. The van der Waals surface area contributed by atoms with Gasteiger partial charge >= 0.3 is 0 Å². The highest BCUT2D eigenvalue weighted by Gasteiger charge is 2.13. The number of hydrogen-bond acceptors (Lipinski definition) is 3. The second-order valence-electron chi connectivity index (χ2n) is 4.84. The van der Waals surface area contributed by atoms with Crippen molar-refractivity contribution in [1.82, 2.24) is 5.43 Å². The molecule has 2 aromatic carbocycles. The summed E-state index contributed by atoms with van der Waals surface area (Å²) in [5.41, 5.74) is 6.37. The molecule has 106 valence electrons. The maximum atomic E-state index is 5.85. The molecule has 1 atom stereocenters. The van der Waals surface area contributed by atoms with Crippen molar-refractivity contribution in [3.63, 3.8) is 0 Å².